The van der Waals surface area contributed by atoms with Crippen LogP contribution in [0.25, 0.3) is 0 Å². The van der Waals surface area contributed by atoms with Gasteiger partial charge < -0.3 is 5.11 Å². The van der Waals surface area contributed by atoms with Crippen molar-refractivity contribution in [1.82, 2.24) is 15.0 Å². The Kier molecular flexibility index (Phi) is 10.3. The maximum absolute atomic E-state index is 11.2. The molecule has 0 aliphatic heterocycles. The number of carbonyl (C=O) groups is 1. The van der Waals surface area contributed by atoms with E-state index >= 15 is 0 Å². The molecule has 1 heterocycles. The third-order valence-electron chi connectivity index (χ3n) is 4.13. The quantitative estimate of drug-likeness (QED) is 0.510. The zero-order valence-electron chi connectivity index (χ0n) is 13.9. The van der Waals surface area contributed by atoms with Gasteiger partial charge in [0.25, 0.3) is 0 Å². The van der Waals surface area contributed by atoms with E-state index in [0.29, 0.717) is 6.42 Å². The molecule has 0 saturated heterocycles. The third-order valence-corrected chi connectivity index (χ3v) is 4.13. The van der Waals surface area contributed by atoms with Crippen molar-refractivity contribution in [1.29, 1.82) is 0 Å². The molecule has 22 heavy (non-hydrogen) atoms. The molecule has 5 heteroatoms. The Hall–Kier alpha value is -1.39. The summed E-state index contributed by atoms with van der Waals surface area (Å²) in [5.74, 6) is -0.822. The van der Waals surface area contributed by atoms with Crippen LogP contribution in [0.4, 0.5) is 0 Å². The molecular weight excluding hydrogens is 278 g/mol. The van der Waals surface area contributed by atoms with Crippen molar-refractivity contribution in [3.05, 3.63) is 12.4 Å². The van der Waals surface area contributed by atoms with Gasteiger partial charge in [-0.25, -0.2) is 9.48 Å². The van der Waals surface area contributed by atoms with Gasteiger partial charge in [0, 0.05) is 6.20 Å². The number of aliphatic carboxylic acids is 1. The topological polar surface area (TPSA) is 68.0 Å². The lowest BCUT2D eigenvalue weighted by Crippen LogP contribution is -2.19. The Bertz CT molecular complexity index is 379. The van der Waals surface area contributed by atoms with Gasteiger partial charge in [-0.2, -0.15) is 0 Å². The Morgan fingerprint density at radius 2 is 1.55 bits per heavy atom. The fourth-order valence-corrected chi connectivity index (χ4v) is 2.75. The van der Waals surface area contributed by atoms with Crippen LogP contribution in [0.2, 0.25) is 0 Å². The van der Waals surface area contributed by atoms with E-state index in [-0.39, 0.29) is 0 Å². The molecule has 1 aromatic rings. The summed E-state index contributed by atoms with van der Waals surface area (Å²) in [4.78, 5) is 11.2. The van der Waals surface area contributed by atoms with Crippen LogP contribution in [0, 0.1) is 0 Å². The highest BCUT2D eigenvalue weighted by atomic mass is 16.4. The summed E-state index contributed by atoms with van der Waals surface area (Å²) in [6.45, 7) is 2.25. The number of carboxylic acid groups (broad SMARTS) is 1. The lowest BCUT2D eigenvalue weighted by molar-refractivity contribution is -0.141. The highest BCUT2D eigenvalue weighted by Gasteiger charge is 2.19. The van der Waals surface area contributed by atoms with E-state index in [1.807, 2.05) is 0 Å². The van der Waals surface area contributed by atoms with Crippen LogP contribution in [-0.4, -0.2) is 26.1 Å². The van der Waals surface area contributed by atoms with E-state index in [1.165, 1.54) is 68.7 Å². The molecule has 126 valence electrons. The number of aromatic nitrogens is 3. The van der Waals surface area contributed by atoms with E-state index in [9.17, 15) is 9.90 Å². The van der Waals surface area contributed by atoms with E-state index in [0.717, 1.165) is 12.8 Å². The van der Waals surface area contributed by atoms with Gasteiger partial charge >= 0.3 is 5.97 Å². The van der Waals surface area contributed by atoms with Crippen LogP contribution in [0.15, 0.2) is 12.4 Å². The summed E-state index contributed by atoms with van der Waals surface area (Å²) in [6.07, 6.45) is 17.8. The van der Waals surface area contributed by atoms with E-state index in [1.54, 1.807) is 6.20 Å². The number of nitrogens with zero attached hydrogens (tertiary/aromatic N) is 3. The molecule has 1 N–H and O–H groups in total. The molecule has 1 unspecified atom stereocenters. The molecule has 0 bridgehead atoms. The van der Waals surface area contributed by atoms with Crippen LogP contribution in [-0.2, 0) is 4.79 Å². The second-order valence-electron chi connectivity index (χ2n) is 6.06. The maximum atomic E-state index is 11.2. The molecule has 0 aromatic carbocycles. The molecule has 0 fully saturated rings. The summed E-state index contributed by atoms with van der Waals surface area (Å²) >= 11 is 0. The SMILES string of the molecule is CCCCCCCCCCCCCC(C(=O)O)n1ccnn1. The van der Waals surface area contributed by atoms with Crippen molar-refractivity contribution in [3.8, 4) is 0 Å². The minimum absolute atomic E-state index is 0.568. The summed E-state index contributed by atoms with van der Waals surface area (Å²) in [5.41, 5.74) is 0. The van der Waals surface area contributed by atoms with E-state index < -0.39 is 12.0 Å². The molecule has 0 aliphatic rings. The Morgan fingerprint density at radius 3 is 2.00 bits per heavy atom. The van der Waals surface area contributed by atoms with Crippen LogP contribution < -0.4 is 0 Å². The number of hydrogen-bond donors (Lipinski definition) is 1. The average Bonchev–Trinajstić information content (AvgIpc) is 3.02. The first-order valence-corrected chi connectivity index (χ1v) is 8.84. The van der Waals surface area contributed by atoms with E-state index in [2.05, 4.69) is 17.2 Å². The molecule has 0 radical (unpaired) electrons. The molecule has 0 amide bonds. The van der Waals surface area contributed by atoms with Gasteiger partial charge in [-0.15, -0.1) is 5.10 Å². The Labute approximate surface area is 134 Å². The summed E-state index contributed by atoms with van der Waals surface area (Å²) < 4.78 is 1.44. The van der Waals surface area contributed by atoms with Crippen molar-refractivity contribution in [2.45, 2.75) is 90.0 Å². The van der Waals surface area contributed by atoms with Gasteiger partial charge in [-0.05, 0) is 6.42 Å². The molecular formula is C17H31N3O2. The minimum atomic E-state index is -0.822. The molecule has 1 atom stereocenters. The van der Waals surface area contributed by atoms with Crippen molar-refractivity contribution in [3.63, 3.8) is 0 Å². The normalized spacial score (nSPS) is 12.4. The Morgan fingerprint density at radius 1 is 1.00 bits per heavy atom. The fraction of sp³-hybridized carbons (Fsp3) is 0.824. The first-order chi connectivity index (χ1) is 10.8. The minimum Gasteiger partial charge on any atom is -0.480 e. The fourth-order valence-electron chi connectivity index (χ4n) is 2.75. The van der Waals surface area contributed by atoms with Gasteiger partial charge in [0.2, 0.25) is 0 Å². The number of unbranched alkanes of at least 4 members (excludes halogenated alkanes) is 10. The van der Waals surface area contributed by atoms with E-state index in [4.69, 9.17) is 0 Å². The largest absolute Gasteiger partial charge is 0.480 e. The molecule has 1 rings (SSSR count). The molecule has 0 saturated carbocycles. The Balaban J connectivity index is 1.97. The lowest BCUT2D eigenvalue weighted by atomic mass is 10.0. The van der Waals surface area contributed by atoms with Crippen LogP contribution in [0.3, 0.4) is 0 Å². The monoisotopic (exact) mass is 309 g/mol. The van der Waals surface area contributed by atoms with Gasteiger partial charge in [0.1, 0.15) is 0 Å². The van der Waals surface area contributed by atoms with Crippen molar-refractivity contribution in [2.75, 3.05) is 0 Å². The predicted octanol–water partition coefficient (Wildman–Crippen LogP) is 4.60. The first-order valence-electron chi connectivity index (χ1n) is 8.84. The van der Waals surface area contributed by atoms with Crippen molar-refractivity contribution in [2.24, 2.45) is 0 Å². The molecule has 0 aliphatic carbocycles. The average molecular weight is 309 g/mol. The summed E-state index contributed by atoms with van der Waals surface area (Å²) in [6, 6.07) is -0.568. The highest BCUT2D eigenvalue weighted by Crippen LogP contribution is 2.17. The predicted molar refractivity (Wildman–Crippen MR) is 87.8 cm³/mol. The zero-order chi connectivity index (χ0) is 16.0. The van der Waals surface area contributed by atoms with Crippen molar-refractivity contribution < 1.29 is 9.90 Å². The van der Waals surface area contributed by atoms with Crippen LogP contribution >= 0.6 is 0 Å². The van der Waals surface area contributed by atoms with Gasteiger partial charge in [-0.3, -0.25) is 0 Å². The number of carboxylic acids is 1. The number of rotatable bonds is 14. The lowest BCUT2D eigenvalue weighted by Gasteiger charge is -2.11. The van der Waals surface area contributed by atoms with Gasteiger partial charge in [0.05, 0.1) is 6.20 Å². The van der Waals surface area contributed by atoms with Gasteiger partial charge in [-0.1, -0.05) is 82.8 Å². The zero-order valence-corrected chi connectivity index (χ0v) is 13.9. The molecule has 5 nitrogen and oxygen atoms in total. The summed E-state index contributed by atoms with van der Waals surface area (Å²) in [5, 5.41) is 16.7. The second kappa shape index (κ2) is 12.2. The third kappa shape index (κ3) is 8.15. The highest BCUT2D eigenvalue weighted by molar-refractivity contribution is 5.71. The van der Waals surface area contributed by atoms with Gasteiger partial charge in [0.15, 0.2) is 6.04 Å². The first kappa shape index (κ1) is 18.7. The standard InChI is InChI=1S/C17H31N3O2/c1-2-3-4-5-6-7-8-9-10-11-12-13-16(17(21)22)20-15-14-18-19-20/h14-16H,2-13H2,1H3,(H,21,22). The smallest absolute Gasteiger partial charge is 0.328 e. The van der Waals surface area contributed by atoms with Crippen molar-refractivity contribution >= 4 is 5.97 Å². The molecule has 1 aromatic heterocycles. The number of hydrogen-bond acceptors (Lipinski definition) is 3. The second-order valence-corrected chi connectivity index (χ2v) is 6.06. The maximum Gasteiger partial charge on any atom is 0.328 e. The van der Waals surface area contributed by atoms with Crippen LogP contribution in [0.5, 0.6) is 0 Å². The van der Waals surface area contributed by atoms with Crippen LogP contribution in [0.1, 0.15) is 90.0 Å². The summed E-state index contributed by atoms with van der Waals surface area (Å²) in [7, 11) is 0. The molecule has 0 spiro atoms.